The highest BCUT2D eigenvalue weighted by Gasteiger charge is 2.37. The zero-order valence-corrected chi connectivity index (χ0v) is 20.6. The molecule has 0 N–H and O–H groups in total. The monoisotopic (exact) mass is 470 g/mol. The Kier molecular flexibility index (Phi) is 7.10. The number of hydrogen-bond donors (Lipinski definition) is 0. The topological polar surface area (TPSA) is 66.9 Å². The minimum atomic E-state index is -3.54. The fraction of sp³-hybridized carbons (Fsp3) is 0.500. The lowest BCUT2D eigenvalue weighted by molar-refractivity contribution is -0.137. The Morgan fingerprint density at radius 2 is 1.58 bits per heavy atom. The maximum absolute atomic E-state index is 13.4. The zero-order chi connectivity index (χ0) is 23.6. The van der Waals surface area contributed by atoms with Crippen LogP contribution >= 0.6 is 0 Å². The lowest BCUT2D eigenvalue weighted by Crippen LogP contribution is -2.44. The van der Waals surface area contributed by atoms with Crippen LogP contribution < -0.4 is 4.74 Å². The predicted molar refractivity (Wildman–Crippen MR) is 129 cm³/mol. The van der Waals surface area contributed by atoms with E-state index in [1.54, 1.807) is 19.2 Å². The Morgan fingerprint density at radius 1 is 0.939 bits per heavy atom. The summed E-state index contributed by atoms with van der Waals surface area (Å²) >= 11 is 0. The molecule has 0 unspecified atom stereocenters. The van der Waals surface area contributed by atoms with Gasteiger partial charge in [0.05, 0.1) is 18.0 Å². The van der Waals surface area contributed by atoms with Gasteiger partial charge in [0, 0.05) is 25.6 Å². The fourth-order valence-electron chi connectivity index (χ4n) is 4.95. The van der Waals surface area contributed by atoms with Crippen LogP contribution in [0.3, 0.4) is 0 Å². The van der Waals surface area contributed by atoms with E-state index in [1.165, 1.54) is 4.31 Å². The third-order valence-corrected chi connectivity index (χ3v) is 8.94. The third kappa shape index (κ3) is 4.94. The van der Waals surface area contributed by atoms with Crippen LogP contribution in [0.15, 0.2) is 53.4 Å². The quantitative estimate of drug-likeness (QED) is 0.620. The van der Waals surface area contributed by atoms with Crippen LogP contribution in [0, 0.1) is 5.92 Å². The van der Waals surface area contributed by atoms with Crippen molar-refractivity contribution in [1.29, 1.82) is 0 Å². The molecule has 7 heteroatoms. The van der Waals surface area contributed by atoms with Crippen LogP contribution in [0.1, 0.15) is 62.6 Å². The van der Waals surface area contributed by atoms with Gasteiger partial charge in [0.25, 0.3) is 0 Å². The number of sulfonamides is 1. The first-order chi connectivity index (χ1) is 15.8. The lowest BCUT2D eigenvalue weighted by Gasteiger charge is -2.34. The van der Waals surface area contributed by atoms with Crippen molar-refractivity contribution in [1.82, 2.24) is 9.21 Å². The van der Waals surface area contributed by atoms with Crippen molar-refractivity contribution >= 4 is 15.9 Å². The smallest absolute Gasteiger partial charge is 0.243 e. The third-order valence-electron chi connectivity index (χ3n) is 7.02. The lowest BCUT2D eigenvalue weighted by atomic mass is 9.95. The molecular weight excluding hydrogens is 436 g/mol. The Hall–Kier alpha value is -2.38. The van der Waals surface area contributed by atoms with Crippen LogP contribution in [0.2, 0.25) is 0 Å². The second-order valence-electron chi connectivity index (χ2n) is 9.36. The highest BCUT2D eigenvalue weighted by atomic mass is 32.2. The Morgan fingerprint density at radius 3 is 2.15 bits per heavy atom. The first-order valence-electron chi connectivity index (χ1n) is 11.9. The van der Waals surface area contributed by atoms with Gasteiger partial charge in [0.2, 0.25) is 15.9 Å². The van der Waals surface area contributed by atoms with E-state index in [0.29, 0.717) is 36.7 Å². The number of carbonyl (C=O) groups excluding carboxylic acids is 1. The molecule has 33 heavy (non-hydrogen) atoms. The van der Waals surface area contributed by atoms with E-state index >= 15 is 0 Å². The summed E-state index contributed by atoms with van der Waals surface area (Å²) in [6, 6.07) is 15.2. The molecule has 0 spiro atoms. The Balaban J connectivity index is 1.40. The molecule has 0 radical (unpaired) electrons. The first kappa shape index (κ1) is 23.8. The molecule has 4 rings (SSSR count). The van der Waals surface area contributed by atoms with Crippen LogP contribution in [-0.4, -0.2) is 50.3 Å². The summed E-state index contributed by atoms with van der Waals surface area (Å²) in [7, 11) is -1.89. The minimum absolute atomic E-state index is 0.0876. The van der Waals surface area contributed by atoms with Gasteiger partial charge < -0.3 is 9.64 Å². The second-order valence-corrected chi connectivity index (χ2v) is 11.3. The van der Waals surface area contributed by atoms with Gasteiger partial charge in [-0.15, -0.1) is 0 Å². The summed E-state index contributed by atoms with van der Waals surface area (Å²) in [4.78, 5) is 15.7. The van der Waals surface area contributed by atoms with Crippen LogP contribution in [0.5, 0.6) is 5.75 Å². The maximum Gasteiger partial charge on any atom is 0.243 e. The first-order valence-corrected chi connectivity index (χ1v) is 13.3. The molecule has 2 aromatic carbocycles. The Bertz CT molecular complexity index is 1060. The van der Waals surface area contributed by atoms with E-state index in [9.17, 15) is 13.2 Å². The number of methoxy groups -OCH3 is 1. The SMILES string of the molecule is COc1ccc([C@H]2CCCN2C(=O)C2CCN(S(=O)(=O)c3ccc(C(C)C)cc3)CC2)cc1. The maximum atomic E-state index is 13.4. The number of rotatable bonds is 6. The van der Waals surface area contributed by atoms with Gasteiger partial charge in [-0.2, -0.15) is 4.31 Å². The van der Waals surface area contributed by atoms with Crippen LogP contribution in [0.4, 0.5) is 0 Å². The zero-order valence-electron chi connectivity index (χ0n) is 19.7. The van der Waals surface area contributed by atoms with Gasteiger partial charge in [-0.25, -0.2) is 8.42 Å². The number of carbonyl (C=O) groups is 1. The molecule has 6 nitrogen and oxygen atoms in total. The van der Waals surface area contributed by atoms with E-state index in [2.05, 4.69) is 13.8 Å². The van der Waals surface area contributed by atoms with Crippen molar-refractivity contribution in [2.75, 3.05) is 26.7 Å². The largest absolute Gasteiger partial charge is 0.497 e. The van der Waals surface area contributed by atoms with E-state index < -0.39 is 10.0 Å². The normalized spacial score (nSPS) is 20.4. The number of likely N-dealkylation sites (tertiary alicyclic amines) is 1. The van der Waals surface area contributed by atoms with Gasteiger partial charge >= 0.3 is 0 Å². The van der Waals surface area contributed by atoms with Gasteiger partial charge in [-0.05, 0) is 67.0 Å². The van der Waals surface area contributed by atoms with Crippen molar-refractivity contribution in [3.8, 4) is 5.75 Å². The molecule has 1 amide bonds. The van der Waals surface area contributed by atoms with E-state index in [1.807, 2.05) is 41.3 Å². The van der Waals surface area contributed by atoms with Gasteiger partial charge in [-0.3, -0.25) is 4.79 Å². The molecule has 178 valence electrons. The molecule has 0 aromatic heterocycles. The fourth-order valence-corrected chi connectivity index (χ4v) is 6.42. The molecule has 2 fully saturated rings. The molecule has 1 atom stereocenters. The number of piperidine rings is 1. The minimum Gasteiger partial charge on any atom is -0.497 e. The number of hydrogen-bond acceptors (Lipinski definition) is 4. The summed E-state index contributed by atoms with van der Waals surface area (Å²) in [6.45, 7) is 5.70. The summed E-state index contributed by atoms with van der Waals surface area (Å²) in [5.74, 6) is 1.20. The van der Waals surface area contributed by atoms with Crippen molar-refractivity contribution in [3.63, 3.8) is 0 Å². The molecular formula is C26H34N2O4S. The average Bonchev–Trinajstić information content (AvgIpc) is 3.33. The highest BCUT2D eigenvalue weighted by Crippen LogP contribution is 2.36. The molecule has 2 saturated heterocycles. The van der Waals surface area contributed by atoms with E-state index in [-0.39, 0.29) is 17.9 Å². The van der Waals surface area contributed by atoms with Crippen molar-refractivity contribution in [2.45, 2.75) is 56.4 Å². The summed E-state index contributed by atoms with van der Waals surface area (Å²) < 4.78 is 33.0. The van der Waals surface area contributed by atoms with Crippen molar-refractivity contribution in [3.05, 3.63) is 59.7 Å². The van der Waals surface area contributed by atoms with Gasteiger partial charge in [-0.1, -0.05) is 38.1 Å². The number of benzene rings is 2. The standard InChI is InChI=1S/C26H34N2O4S/c1-19(2)20-8-12-24(13-9-20)33(30,31)27-17-14-22(15-18-27)26(29)28-16-4-5-25(28)21-6-10-23(32-3)11-7-21/h6-13,19,22,25H,4-5,14-18H2,1-3H3/t25-/m1/s1. The van der Waals surface area contributed by atoms with E-state index in [4.69, 9.17) is 4.74 Å². The number of nitrogens with zero attached hydrogens (tertiary/aromatic N) is 2. The van der Waals surface area contributed by atoms with Gasteiger partial charge in [0.1, 0.15) is 5.75 Å². The van der Waals surface area contributed by atoms with Crippen molar-refractivity contribution < 1.29 is 17.9 Å². The number of ether oxygens (including phenoxy) is 1. The van der Waals surface area contributed by atoms with E-state index in [0.717, 1.165) is 36.3 Å². The molecule has 0 bridgehead atoms. The molecule has 2 aliphatic rings. The molecule has 2 aliphatic heterocycles. The molecule has 2 aromatic rings. The molecule has 2 heterocycles. The highest BCUT2D eigenvalue weighted by molar-refractivity contribution is 7.89. The van der Waals surface area contributed by atoms with Crippen LogP contribution in [0.25, 0.3) is 0 Å². The summed E-state index contributed by atoms with van der Waals surface area (Å²) in [6.07, 6.45) is 3.07. The van der Waals surface area contributed by atoms with Gasteiger partial charge in [0.15, 0.2) is 0 Å². The summed E-state index contributed by atoms with van der Waals surface area (Å²) in [5, 5.41) is 0. The Labute approximate surface area is 197 Å². The molecule has 0 saturated carbocycles. The van der Waals surface area contributed by atoms with Crippen molar-refractivity contribution in [2.24, 2.45) is 5.92 Å². The molecule has 0 aliphatic carbocycles. The summed E-state index contributed by atoms with van der Waals surface area (Å²) in [5.41, 5.74) is 2.25. The second kappa shape index (κ2) is 9.85. The van der Waals surface area contributed by atoms with Crippen LogP contribution in [-0.2, 0) is 14.8 Å². The predicted octanol–water partition coefficient (Wildman–Crippen LogP) is 4.58. The average molecular weight is 471 g/mol. The number of amides is 1.